The van der Waals surface area contributed by atoms with Gasteiger partial charge in [-0.05, 0) is 19.4 Å². The van der Waals surface area contributed by atoms with E-state index >= 15 is 0 Å². The molecule has 0 aromatic carbocycles. The van der Waals surface area contributed by atoms with E-state index < -0.39 is 12.0 Å². The van der Waals surface area contributed by atoms with Gasteiger partial charge >= 0.3 is 5.97 Å². The molecular weight excluding hydrogens is 125 g/mol. The maximum Gasteiger partial charge on any atom is 0.320 e. The van der Waals surface area contributed by atoms with Crippen molar-refractivity contribution in [3.8, 4) is 0 Å². The van der Waals surface area contributed by atoms with Gasteiger partial charge in [-0.3, -0.25) is 4.79 Å². The monoisotopic (exact) mass is 137 g/mol. The first-order valence-electron chi connectivity index (χ1n) is 2.87. The maximum atomic E-state index is 10.0. The van der Waals surface area contributed by atoms with Gasteiger partial charge in [-0.1, -0.05) is 0 Å². The lowest BCUT2D eigenvalue weighted by atomic mass is 11.1. The summed E-state index contributed by atoms with van der Waals surface area (Å²) >= 11 is 0. The van der Waals surface area contributed by atoms with Gasteiger partial charge in [-0.2, -0.15) is 0 Å². The van der Waals surface area contributed by atoms with Crippen LogP contribution in [0.5, 0.6) is 0 Å². The van der Waals surface area contributed by atoms with Gasteiger partial charge in [-0.15, -0.1) is 0 Å². The topological polar surface area (TPSA) is 89.3 Å². The van der Waals surface area contributed by atoms with Crippen LogP contribution in [0.3, 0.4) is 0 Å². The minimum Gasteiger partial charge on any atom is -0.480 e. The highest BCUT2D eigenvalue weighted by molar-refractivity contribution is 5.72. The average Bonchev–Trinajstić information content (AvgIpc) is 1.82. The zero-order valence-corrected chi connectivity index (χ0v) is 5.21. The lowest BCUT2D eigenvalue weighted by Gasteiger charge is -2.02. The van der Waals surface area contributed by atoms with E-state index in [0.29, 0.717) is 19.4 Å². The Hall–Kier alpha value is -0.610. The van der Waals surface area contributed by atoms with Crippen LogP contribution in [0.1, 0.15) is 12.8 Å². The Labute approximate surface area is 53.8 Å². The Morgan fingerprint density at radius 3 is 2.56 bits per heavy atom. The van der Waals surface area contributed by atoms with E-state index in [1.807, 2.05) is 0 Å². The number of aliphatic carboxylic acids is 1. The molecule has 0 bridgehead atoms. The van der Waals surface area contributed by atoms with E-state index in [-0.39, 0.29) is 0 Å². The van der Waals surface area contributed by atoms with Crippen molar-refractivity contribution in [2.24, 2.45) is 11.5 Å². The lowest BCUT2D eigenvalue weighted by Crippen LogP contribution is -2.30. The molecule has 0 amide bonds. The fraction of sp³-hybridized carbons (Fsp3) is 0.800. The third-order valence-corrected chi connectivity index (χ3v) is 1.04. The van der Waals surface area contributed by atoms with Crippen molar-refractivity contribution in [2.45, 2.75) is 18.9 Å². The summed E-state index contributed by atoms with van der Waals surface area (Å²) in [5.41, 5.74) is 10.3. The van der Waals surface area contributed by atoms with Gasteiger partial charge in [0.2, 0.25) is 0 Å². The van der Waals surface area contributed by atoms with Crippen molar-refractivity contribution in [2.75, 3.05) is 6.54 Å². The molecule has 9 heavy (non-hydrogen) atoms. The van der Waals surface area contributed by atoms with Crippen LogP contribution in [0, 0.1) is 0 Å². The van der Waals surface area contributed by atoms with Crippen molar-refractivity contribution < 1.29 is 9.90 Å². The SMILES string of the molecule is N[13CH2][13CH2][13CH2][13C@H](N)[13C](=O)O. The maximum absolute atomic E-state index is 10.0. The quantitative estimate of drug-likeness (QED) is 0.440. The average molecular weight is 137 g/mol. The smallest absolute Gasteiger partial charge is 0.320 e. The first-order chi connectivity index (χ1) is 4.18. The van der Waals surface area contributed by atoms with Gasteiger partial charge in [0.25, 0.3) is 0 Å². The molecule has 0 rings (SSSR count). The molecule has 4 nitrogen and oxygen atoms in total. The molecule has 0 aliphatic rings. The Balaban J connectivity index is 3.27. The molecule has 0 saturated heterocycles. The molecule has 0 aromatic heterocycles. The van der Waals surface area contributed by atoms with Crippen LogP contribution >= 0.6 is 0 Å². The molecule has 4 heteroatoms. The van der Waals surface area contributed by atoms with Crippen LogP contribution in [0.25, 0.3) is 0 Å². The summed E-state index contributed by atoms with van der Waals surface area (Å²) in [7, 11) is 0. The molecule has 5 N–H and O–H groups in total. The molecule has 1 atom stereocenters. The number of carboxylic acids is 1. The van der Waals surface area contributed by atoms with Gasteiger partial charge < -0.3 is 16.6 Å². The number of hydrogen-bond donors (Lipinski definition) is 3. The van der Waals surface area contributed by atoms with Crippen LogP contribution in [0.2, 0.25) is 0 Å². The highest BCUT2D eigenvalue weighted by Gasteiger charge is 2.08. The lowest BCUT2D eigenvalue weighted by molar-refractivity contribution is -0.138. The number of carbonyl (C=O) groups is 1. The summed E-state index contributed by atoms with van der Waals surface area (Å²) in [4.78, 5) is 10.0. The van der Waals surface area contributed by atoms with Crippen LogP contribution in [-0.2, 0) is 4.79 Å². The first kappa shape index (κ1) is 8.39. The molecule has 0 spiro atoms. The Kier molecular flexibility index (Phi) is 4.00. The summed E-state index contributed by atoms with van der Waals surface area (Å²) in [5, 5.41) is 8.24. The van der Waals surface area contributed by atoms with E-state index in [2.05, 4.69) is 0 Å². The van der Waals surface area contributed by atoms with Crippen molar-refractivity contribution in [3.63, 3.8) is 0 Å². The highest BCUT2D eigenvalue weighted by Crippen LogP contribution is 1.91. The normalized spacial score (nSPS) is 13.1. The largest absolute Gasteiger partial charge is 0.480 e. The van der Waals surface area contributed by atoms with Gasteiger partial charge in [0, 0.05) is 0 Å². The van der Waals surface area contributed by atoms with E-state index in [4.69, 9.17) is 16.6 Å². The predicted octanol–water partition coefficient (Wildman–Crippen LogP) is -0.863. The highest BCUT2D eigenvalue weighted by atomic mass is 16.5. The summed E-state index contributed by atoms with van der Waals surface area (Å²) in [6.45, 7) is 0.501. The second-order valence-corrected chi connectivity index (χ2v) is 1.88. The second-order valence-electron chi connectivity index (χ2n) is 1.88. The van der Waals surface area contributed by atoms with Crippen LogP contribution in [0.15, 0.2) is 0 Å². The van der Waals surface area contributed by atoms with Crippen LogP contribution in [0.4, 0.5) is 0 Å². The van der Waals surface area contributed by atoms with E-state index in [1.54, 1.807) is 0 Å². The van der Waals surface area contributed by atoms with Gasteiger partial charge in [0.1, 0.15) is 6.04 Å². The van der Waals surface area contributed by atoms with Crippen molar-refractivity contribution in [3.05, 3.63) is 0 Å². The van der Waals surface area contributed by atoms with Crippen molar-refractivity contribution in [1.29, 1.82) is 0 Å². The van der Waals surface area contributed by atoms with Crippen molar-refractivity contribution >= 4 is 5.97 Å². The molecule has 54 valence electrons. The zero-order valence-electron chi connectivity index (χ0n) is 5.21. The first-order valence-corrected chi connectivity index (χ1v) is 2.87. The number of nitrogens with two attached hydrogens (primary N) is 2. The van der Waals surface area contributed by atoms with Crippen LogP contribution in [-0.4, -0.2) is 23.7 Å². The third kappa shape index (κ3) is 3.93. The molecule has 0 fully saturated rings. The number of carboxylic acid groups (broad SMARTS) is 1. The molecule has 0 aliphatic heterocycles. The van der Waals surface area contributed by atoms with E-state index in [9.17, 15) is 4.79 Å². The van der Waals surface area contributed by atoms with Gasteiger partial charge in [0.05, 0.1) is 0 Å². The summed E-state index contributed by atoms with van der Waals surface area (Å²) < 4.78 is 0. The summed E-state index contributed by atoms with van der Waals surface area (Å²) in [5.74, 6) is -0.955. The van der Waals surface area contributed by atoms with Gasteiger partial charge in [0.15, 0.2) is 0 Å². The summed E-state index contributed by atoms with van der Waals surface area (Å²) in [6.07, 6.45) is 1.14. The Morgan fingerprint density at radius 1 is 1.67 bits per heavy atom. The third-order valence-electron chi connectivity index (χ3n) is 1.04. The van der Waals surface area contributed by atoms with E-state index in [0.717, 1.165) is 0 Å². The molecule has 0 saturated carbocycles. The fourth-order valence-electron chi connectivity index (χ4n) is 0.461. The summed E-state index contributed by atoms with van der Waals surface area (Å²) in [6, 6.07) is -0.742. The second kappa shape index (κ2) is 4.29. The number of rotatable bonds is 4. The van der Waals surface area contributed by atoms with Crippen molar-refractivity contribution in [1.82, 2.24) is 0 Å². The minimum absolute atomic E-state index is 0.464. The van der Waals surface area contributed by atoms with Gasteiger partial charge in [-0.25, -0.2) is 0 Å². The standard InChI is InChI=1S/C5H12N2O2/c6-3-1-2-4(7)5(8)9/h4H,1-3,6-7H2,(H,8,9)/t4-/m0/s1/i1+1,2+1,3+1,4+1,5+1. The molecule has 0 aliphatic carbocycles. The Morgan fingerprint density at radius 2 is 2.22 bits per heavy atom. The minimum atomic E-state index is -0.955. The molecule has 0 unspecified atom stereocenters. The molecule has 0 radical (unpaired) electrons. The zero-order chi connectivity index (χ0) is 7.28. The van der Waals surface area contributed by atoms with Crippen LogP contribution < -0.4 is 11.5 Å². The molecular formula is C5H12N2O2. The predicted molar refractivity (Wildman–Crippen MR) is 33.9 cm³/mol. The Bertz CT molecular complexity index is 95.0. The molecule has 0 heterocycles. The fourth-order valence-corrected chi connectivity index (χ4v) is 0.461. The van der Waals surface area contributed by atoms with E-state index in [1.165, 1.54) is 0 Å². The molecule has 0 aromatic rings. The number of hydrogen-bond acceptors (Lipinski definition) is 3.